The number of ether oxygens (including phenoxy) is 2. The SMILES string of the molecule is COC[C@@H]1C(=O)[C@]23C[C@H]1C[C@H](OC(C)=O)[C@H]2[C@@]1(C)[C@H](C(=O)[C@@H]3O)C(C)(C)[C@@H](O)C[C@@H]1O. The van der Waals surface area contributed by atoms with Gasteiger partial charge in [-0.1, -0.05) is 20.8 Å². The van der Waals surface area contributed by atoms with Crippen LogP contribution in [-0.2, 0) is 23.9 Å². The average Bonchev–Trinajstić information content (AvgIpc) is 2.87. The lowest BCUT2D eigenvalue weighted by Gasteiger charge is -2.66. The van der Waals surface area contributed by atoms with Crippen molar-refractivity contribution in [2.24, 2.45) is 39.9 Å². The molecule has 4 rings (SSSR count). The first-order valence-electron chi connectivity index (χ1n) is 11.1. The Morgan fingerprint density at radius 1 is 1.10 bits per heavy atom. The molecule has 0 aliphatic heterocycles. The molecule has 8 nitrogen and oxygen atoms in total. The number of ketones is 2. The van der Waals surface area contributed by atoms with Gasteiger partial charge in [0.15, 0.2) is 5.78 Å². The normalized spacial score (nSPS) is 50.6. The highest BCUT2D eigenvalue weighted by Gasteiger charge is 2.78. The van der Waals surface area contributed by atoms with Crippen molar-refractivity contribution in [2.75, 3.05) is 13.7 Å². The number of fused-ring (bicyclic) bond motifs is 3. The van der Waals surface area contributed by atoms with Crippen LogP contribution in [0.3, 0.4) is 0 Å². The van der Waals surface area contributed by atoms with Crippen molar-refractivity contribution in [3.05, 3.63) is 0 Å². The molecule has 0 saturated heterocycles. The van der Waals surface area contributed by atoms with Crippen LogP contribution in [0.1, 0.15) is 47.0 Å². The Morgan fingerprint density at radius 3 is 2.32 bits per heavy atom. The Bertz CT molecular complexity index is 807. The van der Waals surface area contributed by atoms with Crippen LogP contribution in [0.15, 0.2) is 0 Å². The van der Waals surface area contributed by atoms with Gasteiger partial charge in [-0.15, -0.1) is 0 Å². The van der Waals surface area contributed by atoms with Crippen LogP contribution in [0.4, 0.5) is 0 Å². The highest BCUT2D eigenvalue weighted by molar-refractivity contribution is 6.00. The number of carbonyl (C=O) groups is 3. The Labute approximate surface area is 182 Å². The first-order chi connectivity index (χ1) is 14.3. The quantitative estimate of drug-likeness (QED) is 0.543. The summed E-state index contributed by atoms with van der Waals surface area (Å²) in [7, 11) is 1.50. The van der Waals surface area contributed by atoms with Crippen molar-refractivity contribution in [3.8, 4) is 0 Å². The van der Waals surface area contributed by atoms with Crippen LogP contribution in [-0.4, -0.2) is 71.0 Å². The van der Waals surface area contributed by atoms with E-state index in [0.717, 1.165) is 0 Å². The van der Waals surface area contributed by atoms with E-state index >= 15 is 0 Å². The average molecular weight is 439 g/mol. The summed E-state index contributed by atoms with van der Waals surface area (Å²) in [6.45, 7) is 6.74. The van der Waals surface area contributed by atoms with Gasteiger partial charge in [-0.25, -0.2) is 0 Å². The second kappa shape index (κ2) is 7.07. The molecule has 0 heterocycles. The smallest absolute Gasteiger partial charge is 0.302 e. The molecule has 0 amide bonds. The van der Waals surface area contributed by atoms with Gasteiger partial charge >= 0.3 is 5.97 Å². The molecule has 0 aromatic carbocycles. The van der Waals surface area contributed by atoms with E-state index in [2.05, 4.69) is 0 Å². The Balaban J connectivity index is 1.95. The molecule has 3 N–H and O–H groups in total. The summed E-state index contributed by atoms with van der Waals surface area (Å²) < 4.78 is 11.0. The fourth-order valence-electron chi connectivity index (χ4n) is 8.05. The third-order valence-corrected chi connectivity index (χ3v) is 9.19. The van der Waals surface area contributed by atoms with E-state index in [1.54, 1.807) is 20.8 Å². The molecule has 0 aromatic heterocycles. The van der Waals surface area contributed by atoms with Crippen molar-refractivity contribution in [2.45, 2.75) is 71.4 Å². The Hall–Kier alpha value is -1.35. The van der Waals surface area contributed by atoms with Gasteiger partial charge in [-0.3, -0.25) is 14.4 Å². The second-order valence-electron chi connectivity index (χ2n) is 11.0. The Morgan fingerprint density at radius 2 is 1.74 bits per heavy atom. The van der Waals surface area contributed by atoms with Crippen LogP contribution in [0.5, 0.6) is 0 Å². The fraction of sp³-hybridized carbons (Fsp3) is 0.870. The van der Waals surface area contributed by atoms with E-state index in [-0.39, 0.29) is 24.7 Å². The molecular formula is C23H34O8. The summed E-state index contributed by atoms with van der Waals surface area (Å²) in [6.07, 6.45) is -3.60. The summed E-state index contributed by atoms with van der Waals surface area (Å²) in [5.74, 6) is -3.59. The van der Waals surface area contributed by atoms with Gasteiger partial charge in [0, 0.05) is 49.0 Å². The molecular weight excluding hydrogens is 404 g/mol. The lowest BCUT2D eigenvalue weighted by atomic mass is 9.38. The monoisotopic (exact) mass is 438 g/mol. The summed E-state index contributed by atoms with van der Waals surface area (Å²) in [4.78, 5) is 39.5. The van der Waals surface area contributed by atoms with E-state index in [1.165, 1.54) is 14.0 Å². The summed E-state index contributed by atoms with van der Waals surface area (Å²) in [6, 6.07) is 0. The van der Waals surface area contributed by atoms with E-state index < -0.39 is 70.2 Å². The van der Waals surface area contributed by atoms with E-state index in [1.807, 2.05) is 0 Å². The number of rotatable bonds is 3. The zero-order chi connectivity index (χ0) is 23.1. The van der Waals surface area contributed by atoms with Crippen LogP contribution in [0, 0.1) is 39.9 Å². The third-order valence-electron chi connectivity index (χ3n) is 9.19. The number of hydrogen-bond acceptors (Lipinski definition) is 8. The third kappa shape index (κ3) is 2.71. The molecule has 4 aliphatic rings. The van der Waals surface area contributed by atoms with Gasteiger partial charge in [-0.2, -0.15) is 0 Å². The molecule has 8 heteroatoms. The molecule has 4 saturated carbocycles. The first kappa shape index (κ1) is 22.8. The van der Waals surface area contributed by atoms with Crippen molar-refractivity contribution in [1.29, 1.82) is 0 Å². The molecule has 4 fully saturated rings. The maximum Gasteiger partial charge on any atom is 0.302 e. The second-order valence-corrected chi connectivity index (χ2v) is 11.0. The standard InChI is InChI=1S/C23H34O8/c1-10(24)31-13-6-11-8-23(19(28)12(11)9-30-5)17(13)22(4)15(26)7-14(25)21(2,3)18(22)16(27)20(23)29/h11-15,17-18,20,25-26,29H,6-9H2,1-5H3/t11-,12+,13+,14+,15+,17+,18-,20+,22+,23+/m1/s1. The maximum atomic E-state index is 13.8. The highest BCUT2D eigenvalue weighted by Crippen LogP contribution is 2.70. The van der Waals surface area contributed by atoms with Crippen molar-refractivity contribution in [1.82, 2.24) is 0 Å². The van der Waals surface area contributed by atoms with Gasteiger partial charge in [0.25, 0.3) is 0 Å². The number of methoxy groups -OCH3 is 1. The molecule has 4 aliphatic carbocycles. The minimum atomic E-state index is -1.58. The molecule has 0 radical (unpaired) electrons. The number of hydrogen-bond donors (Lipinski definition) is 3. The largest absolute Gasteiger partial charge is 0.462 e. The zero-order valence-corrected chi connectivity index (χ0v) is 18.8. The predicted molar refractivity (Wildman–Crippen MR) is 108 cm³/mol. The van der Waals surface area contributed by atoms with Gasteiger partial charge < -0.3 is 24.8 Å². The summed E-state index contributed by atoms with van der Waals surface area (Å²) in [5.41, 5.74) is -3.52. The number of esters is 1. The lowest BCUT2D eigenvalue weighted by Crippen LogP contribution is -2.75. The lowest BCUT2D eigenvalue weighted by molar-refractivity contribution is -0.257. The summed E-state index contributed by atoms with van der Waals surface area (Å²) in [5, 5.41) is 33.4. The molecule has 2 bridgehead atoms. The van der Waals surface area contributed by atoms with Crippen molar-refractivity contribution >= 4 is 17.5 Å². The van der Waals surface area contributed by atoms with Gasteiger partial charge in [0.2, 0.25) is 0 Å². The molecule has 0 aromatic rings. The van der Waals surface area contributed by atoms with Gasteiger partial charge in [0.05, 0.1) is 24.2 Å². The van der Waals surface area contributed by atoms with E-state index in [9.17, 15) is 29.7 Å². The molecule has 10 atom stereocenters. The van der Waals surface area contributed by atoms with Gasteiger partial charge in [0.1, 0.15) is 18.0 Å². The van der Waals surface area contributed by atoms with Crippen LogP contribution < -0.4 is 0 Å². The van der Waals surface area contributed by atoms with Crippen LogP contribution >= 0.6 is 0 Å². The minimum Gasteiger partial charge on any atom is -0.462 e. The maximum absolute atomic E-state index is 13.8. The van der Waals surface area contributed by atoms with Crippen molar-refractivity contribution in [3.63, 3.8) is 0 Å². The van der Waals surface area contributed by atoms with Crippen molar-refractivity contribution < 1.29 is 39.2 Å². The Kier molecular flexibility index (Phi) is 5.21. The number of carbonyl (C=O) groups excluding carboxylic acids is 3. The van der Waals surface area contributed by atoms with E-state index in [4.69, 9.17) is 9.47 Å². The topological polar surface area (TPSA) is 130 Å². The van der Waals surface area contributed by atoms with E-state index in [0.29, 0.717) is 12.8 Å². The summed E-state index contributed by atoms with van der Waals surface area (Å²) >= 11 is 0. The molecule has 0 unspecified atom stereocenters. The predicted octanol–water partition coefficient (Wildman–Crippen LogP) is 0.494. The van der Waals surface area contributed by atoms with Gasteiger partial charge in [-0.05, 0) is 18.8 Å². The molecule has 1 spiro atoms. The number of aliphatic hydroxyl groups excluding tert-OH is 3. The van der Waals surface area contributed by atoms with Crippen LogP contribution in [0.2, 0.25) is 0 Å². The molecule has 31 heavy (non-hydrogen) atoms. The van der Waals surface area contributed by atoms with Crippen LogP contribution in [0.25, 0.3) is 0 Å². The minimum absolute atomic E-state index is 0.0435. The number of Topliss-reactive ketones (excluding diaryl/α,β-unsaturated/α-hetero) is 2. The zero-order valence-electron chi connectivity index (χ0n) is 18.8. The first-order valence-corrected chi connectivity index (χ1v) is 11.1. The molecule has 174 valence electrons. The highest BCUT2D eigenvalue weighted by atomic mass is 16.5. The number of aliphatic hydroxyl groups is 3. The fourth-order valence-corrected chi connectivity index (χ4v) is 8.05.